The average Bonchev–Trinajstić information content (AvgIpc) is 3.01. The van der Waals surface area contributed by atoms with Gasteiger partial charge in [-0.2, -0.15) is 0 Å². The summed E-state index contributed by atoms with van der Waals surface area (Å²) in [5, 5.41) is 0. The maximum absolute atomic E-state index is 14.2. The summed E-state index contributed by atoms with van der Waals surface area (Å²) in [5.74, 6) is 0. The molecule has 0 aliphatic carbocycles. The monoisotopic (exact) mass is 979 g/mol. The number of halogens is 25. The Morgan fingerprint density at radius 2 is 0.298 bits per heavy atom. The molecule has 0 unspecified atom stereocenters. The molecular weight excluding hydrogens is 967 g/mol. The molecule has 4 aromatic rings. The molecule has 0 aliphatic rings. The second-order valence-corrected chi connectivity index (χ2v) is 19.7. The van der Waals surface area contributed by atoms with Crippen molar-refractivity contribution < 1.29 is 124 Å². The topological polar surface area (TPSA) is 0 Å². The second kappa shape index (κ2) is 14.0. The molecule has 0 bridgehead atoms. The molecular formula is C32H12F24I-. The van der Waals surface area contributed by atoms with Gasteiger partial charge in [0.15, 0.2) is 0 Å². The minimum absolute atomic E-state index is 0.638. The van der Waals surface area contributed by atoms with E-state index in [2.05, 4.69) is 0 Å². The van der Waals surface area contributed by atoms with Crippen LogP contribution in [0.25, 0.3) is 0 Å². The molecule has 0 aromatic heterocycles. The van der Waals surface area contributed by atoms with Gasteiger partial charge in [-0.05, 0) is 0 Å². The quantitative estimate of drug-likeness (QED) is 0.141. The zero-order valence-corrected chi connectivity index (χ0v) is 28.5. The molecule has 0 amide bonds. The van der Waals surface area contributed by atoms with E-state index in [1.54, 1.807) is 0 Å². The van der Waals surface area contributed by atoms with E-state index in [0.29, 0.717) is 0 Å². The van der Waals surface area contributed by atoms with Crippen molar-refractivity contribution in [1.82, 2.24) is 0 Å². The average molecular weight is 979 g/mol. The van der Waals surface area contributed by atoms with Gasteiger partial charge in [-0.25, -0.2) is 0 Å². The van der Waals surface area contributed by atoms with Crippen molar-refractivity contribution in [2.45, 2.75) is 49.4 Å². The van der Waals surface area contributed by atoms with Crippen LogP contribution in [0.15, 0.2) is 72.8 Å². The molecule has 4 aromatic carbocycles. The fourth-order valence-corrected chi connectivity index (χ4v) is 15.8. The zero-order chi connectivity index (χ0) is 43.9. The molecule has 0 saturated heterocycles. The molecule has 4 rings (SSSR count). The Morgan fingerprint density at radius 3 is 0.386 bits per heavy atom. The standard InChI is InChI=1S/C32H12F24I/c33-25(34,35)13-1-14(26(36,37)38)6-21(5-13)57(22-7-15(27(39,40)41)2-16(8-22)28(42,43)44,23-9-17(29(45,46)47)3-18(10-23)30(48,49)50)24-11-19(31(51,52)53)4-20(12-24)32(54,55)56/h1-12H/q-1. The van der Waals surface area contributed by atoms with E-state index < -0.39 is 199 Å². The molecule has 0 spiro atoms. The summed E-state index contributed by atoms with van der Waals surface area (Å²) in [5.41, 5.74) is -21.0. The van der Waals surface area contributed by atoms with Crippen LogP contribution in [0, 0.1) is 14.3 Å². The van der Waals surface area contributed by atoms with Gasteiger partial charge in [-0.3, -0.25) is 0 Å². The van der Waals surface area contributed by atoms with Crippen LogP contribution in [-0.2, 0) is 49.4 Å². The summed E-state index contributed by atoms with van der Waals surface area (Å²) in [7, 11) is 0. The van der Waals surface area contributed by atoms with E-state index in [-0.39, 0.29) is 0 Å². The summed E-state index contributed by atoms with van der Waals surface area (Å²) in [4.78, 5) is 0. The molecule has 0 heterocycles. The van der Waals surface area contributed by atoms with Crippen LogP contribution >= 0.6 is 0 Å². The molecule has 0 aliphatic heterocycles. The van der Waals surface area contributed by atoms with E-state index in [1.165, 1.54) is 0 Å². The van der Waals surface area contributed by atoms with Crippen molar-refractivity contribution >= 4 is 0 Å². The molecule has 25 heteroatoms. The SMILES string of the molecule is FC(F)(F)c1cc(C(F)(F)F)cc([I-](c2cc(C(F)(F)F)cc(C(F)(F)F)c2)(c2cc(C(F)(F)F)cc(C(F)(F)F)c2)c2cc(C(F)(F)F)cc(C(F)(F)F)c2)c1. The normalized spacial score (nSPS) is 14.6. The van der Waals surface area contributed by atoms with Gasteiger partial charge < -0.3 is 0 Å². The van der Waals surface area contributed by atoms with Crippen LogP contribution in [0.3, 0.4) is 0 Å². The molecule has 316 valence electrons. The predicted octanol–water partition coefficient (Wildman–Crippen LogP) is 10.8. The third-order valence-electron chi connectivity index (χ3n) is 7.52. The molecule has 0 nitrogen and oxygen atoms in total. The van der Waals surface area contributed by atoms with Gasteiger partial charge in [-0.1, -0.05) is 0 Å². The Kier molecular flexibility index (Phi) is 11.2. The number of benzene rings is 4. The Labute approximate surface area is 304 Å². The number of rotatable bonds is 4. The summed E-state index contributed by atoms with van der Waals surface area (Å²) < 4.78 is 333. The third-order valence-corrected chi connectivity index (χ3v) is 17.5. The first-order valence-electron chi connectivity index (χ1n) is 14.2. The molecule has 0 radical (unpaired) electrons. The first-order valence-corrected chi connectivity index (χ1v) is 18.5. The van der Waals surface area contributed by atoms with Crippen molar-refractivity contribution in [2.75, 3.05) is 0 Å². The van der Waals surface area contributed by atoms with Crippen molar-refractivity contribution in [3.63, 3.8) is 0 Å². The number of hydrogen-bond donors (Lipinski definition) is 0. The van der Waals surface area contributed by atoms with Crippen LogP contribution in [0.1, 0.15) is 44.5 Å². The van der Waals surface area contributed by atoms with Crippen molar-refractivity contribution in [1.29, 1.82) is 0 Å². The minimum atomic E-state index is -7.93. The summed E-state index contributed by atoms with van der Waals surface area (Å²) in [6.07, 6.45) is -48.9. The summed E-state index contributed by atoms with van der Waals surface area (Å²) in [6.45, 7) is 0. The van der Waals surface area contributed by atoms with Crippen LogP contribution in [0.5, 0.6) is 0 Å². The van der Waals surface area contributed by atoms with Gasteiger partial charge >= 0.3 is 305 Å². The Hall–Kier alpha value is -4.07. The van der Waals surface area contributed by atoms with Gasteiger partial charge in [0.2, 0.25) is 0 Å². The van der Waals surface area contributed by atoms with E-state index in [4.69, 9.17) is 0 Å². The van der Waals surface area contributed by atoms with E-state index in [0.717, 1.165) is 0 Å². The van der Waals surface area contributed by atoms with Gasteiger partial charge in [0, 0.05) is 0 Å². The van der Waals surface area contributed by atoms with Crippen molar-refractivity contribution in [3.05, 3.63) is 132 Å². The first kappa shape index (κ1) is 45.6. The molecule has 0 fully saturated rings. The van der Waals surface area contributed by atoms with Crippen LogP contribution < -0.4 is 18.4 Å². The van der Waals surface area contributed by atoms with Gasteiger partial charge in [-0.15, -0.1) is 0 Å². The molecule has 0 atom stereocenters. The summed E-state index contributed by atoms with van der Waals surface area (Å²) >= 11 is -7.93. The molecule has 57 heavy (non-hydrogen) atoms. The fourth-order valence-electron chi connectivity index (χ4n) is 5.08. The predicted molar refractivity (Wildman–Crippen MR) is 141 cm³/mol. The Bertz CT molecular complexity index is 1700. The Balaban J connectivity index is 2.62. The first-order chi connectivity index (χ1) is 25.3. The molecule has 0 saturated carbocycles. The van der Waals surface area contributed by atoms with Gasteiger partial charge in [0.1, 0.15) is 0 Å². The number of hydrogen-bond acceptors (Lipinski definition) is 0. The van der Waals surface area contributed by atoms with E-state index >= 15 is 0 Å². The Morgan fingerprint density at radius 1 is 0.193 bits per heavy atom. The molecule has 0 N–H and O–H groups in total. The van der Waals surface area contributed by atoms with Crippen molar-refractivity contribution in [2.24, 2.45) is 0 Å². The van der Waals surface area contributed by atoms with Gasteiger partial charge in [0.05, 0.1) is 0 Å². The van der Waals surface area contributed by atoms with Crippen LogP contribution in [0.2, 0.25) is 0 Å². The zero-order valence-electron chi connectivity index (χ0n) is 26.4. The van der Waals surface area contributed by atoms with E-state index in [1.807, 2.05) is 0 Å². The summed E-state index contributed by atoms with van der Waals surface area (Å²) in [6, 6.07) is -8.32. The number of alkyl halides is 24. The van der Waals surface area contributed by atoms with Crippen LogP contribution in [-0.4, -0.2) is 0 Å². The maximum atomic E-state index is 14.2. The fraction of sp³-hybridized carbons (Fsp3) is 0.250. The second-order valence-electron chi connectivity index (χ2n) is 11.5. The van der Waals surface area contributed by atoms with Crippen molar-refractivity contribution in [3.8, 4) is 0 Å². The van der Waals surface area contributed by atoms with E-state index in [9.17, 15) is 105 Å². The third kappa shape index (κ3) is 9.63. The van der Waals surface area contributed by atoms with Gasteiger partial charge in [0.25, 0.3) is 0 Å². The van der Waals surface area contributed by atoms with Crippen LogP contribution in [0.4, 0.5) is 105 Å².